The van der Waals surface area contributed by atoms with E-state index in [4.69, 9.17) is 9.84 Å². The maximum Gasteiger partial charge on any atom is 0.407 e. The van der Waals surface area contributed by atoms with Crippen LogP contribution in [0.1, 0.15) is 37.3 Å². The first kappa shape index (κ1) is 20.2. The molecule has 0 radical (unpaired) electrons. The largest absolute Gasteiger partial charge is 0.449 e. The highest BCUT2D eigenvalue weighted by atomic mass is 16.5. The monoisotopic (exact) mass is 379 g/mol. The normalized spacial score (nSPS) is 14.1. The number of hydrogen-bond donors (Lipinski definition) is 2. The fourth-order valence-electron chi connectivity index (χ4n) is 3.80. The maximum absolute atomic E-state index is 12.3. The molecule has 148 valence electrons. The number of hydrogen-bond acceptors (Lipinski definition) is 3. The SMILES string of the molecule is CC(C)C(C/C=C/CO)CNC(=O)OCC1c2ccccc2-c2ccccc21. The van der Waals surface area contributed by atoms with E-state index in [2.05, 4.69) is 43.4 Å². The molecule has 0 spiro atoms. The van der Waals surface area contributed by atoms with E-state index in [1.807, 2.05) is 30.3 Å². The number of rotatable bonds is 8. The van der Waals surface area contributed by atoms with Gasteiger partial charge in [0.15, 0.2) is 0 Å². The molecule has 4 nitrogen and oxygen atoms in total. The summed E-state index contributed by atoms with van der Waals surface area (Å²) < 4.78 is 5.59. The fourth-order valence-corrected chi connectivity index (χ4v) is 3.80. The molecule has 0 bridgehead atoms. The number of allylic oxidation sites excluding steroid dienone is 1. The van der Waals surface area contributed by atoms with Crippen LogP contribution in [0.15, 0.2) is 60.7 Å². The van der Waals surface area contributed by atoms with Crippen molar-refractivity contribution in [2.45, 2.75) is 26.2 Å². The first-order valence-corrected chi connectivity index (χ1v) is 9.96. The van der Waals surface area contributed by atoms with Crippen molar-refractivity contribution in [3.63, 3.8) is 0 Å². The minimum atomic E-state index is -0.376. The summed E-state index contributed by atoms with van der Waals surface area (Å²) in [5, 5.41) is 11.8. The summed E-state index contributed by atoms with van der Waals surface area (Å²) in [6.07, 6.45) is 4.15. The molecular formula is C24H29NO3. The highest BCUT2D eigenvalue weighted by Gasteiger charge is 2.29. The minimum Gasteiger partial charge on any atom is -0.449 e. The Kier molecular flexibility index (Phi) is 6.88. The van der Waals surface area contributed by atoms with Gasteiger partial charge in [-0.25, -0.2) is 4.79 Å². The maximum atomic E-state index is 12.3. The minimum absolute atomic E-state index is 0.0463. The molecule has 0 saturated carbocycles. The number of benzene rings is 2. The lowest BCUT2D eigenvalue weighted by Gasteiger charge is -2.20. The number of ether oxygens (including phenoxy) is 1. The highest BCUT2D eigenvalue weighted by molar-refractivity contribution is 5.79. The number of carbonyl (C=O) groups excluding carboxylic acids is 1. The third kappa shape index (κ3) is 4.63. The summed E-state index contributed by atoms with van der Waals surface area (Å²) in [4.78, 5) is 12.3. The molecule has 4 heteroatoms. The van der Waals surface area contributed by atoms with Crippen molar-refractivity contribution >= 4 is 6.09 Å². The van der Waals surface area contributed by atoms with Crippen LogP contribution in [0.2, 0.25) is 0 Å². The molecule has 1 amide bonds. The Balaban J connectivity index is 1.58. The second-order valence-corrected chi connectivity index (χ2v) is 7.60. The molecule has 28 heavy (non-hydrogen) atoms. The van der Waals surface area contributed by atoms with Gasteiger partial charge >= 0.3 is 6.09 Å². The van der Waals surface area contributed by atoms with Crippen LogP contribution >= 0.6 is 0 Å². The average Bonchev–Trinajstić information content (AvgIpc) is 3.02. The second kappa shape index (κ2) is 9.56. The van der Waals surface area contributed by atoms with Gasteiger partial charge in [-0.1, -0.05) is 74.5 Å². The predicted molar refractivity (Wildman–Crippen MR) is 112 cm³/mol. The van der Waals surface area contributed by atoms with E-state index in [1.54, 1.807) is 6.08 Å². The fraction of sp³-hybridized carbons (Fsp3) is 0.375. The molecule has 2 aromatic rings. The standard InChI is InChI=1S/C24H29NO3/c1-17(2)18(9-7-8-14-26)15-25-24(27)28-16-23-21-12-5-3-10-19(21)20-11-4-6-13-22(20)23/h3-8,10-13,17-18,23,26H,9,14-16H2,1-2H3,(H,25,27)/b8-7+. The van der Waals surface area contributed by atoms with Gasteiger partial charge in [-0.05, 0) is 40.5 Å². The molecule has 1 aliphatic carbocycles. The molecule has 3 rings (SSSR count). The smallest absolute Gasteiger partial charge is 0.407 e. The molecule has 2 aromatic carbocycles. The zero-order valence-electron chi connectivity index (χ0n) is 16.6. The summed E-state index contributed by atoms with van der Waals surface area (Å²) in [5.41, 5.74) is 4.88. The van der Waals surface area contributed by atoms with E-state index in [-0.39, 0.29) is 18.6 Å². The summed E-state index contributed by atoms with van der Waals surface area (Å²) in [7, 11) is 0. The zero-order chi connectivity index (χ0) is 19.9. The van der Waals surface area contributed by atoms with Gasteiger partial charge in [-0.2, -0.15) is 0 Å². The summed E-state index contributed by atoms with van der Waals surface area (Å²) in [6.45, 7) is 5.21. The lowest BCUT2D eigenvalue weighted by Crippen LogP contribution is -2.32. The Morgan fingerprint density at radius 3 is 2.25 bits per heavy atom. The molecule has 0 aromatic heterocycles. The van der Waals surface area contributed by atoms with Crippen LogP contribution in [-0.4, -0.2) is 31.0 Å². The van der Waals surface area contributed by atoms with E-state index in [0.717, 1.165) is 6.42 Å². The number of nitrogens with one attached hydrogen (secondary N) is 1. The molecule has 1 aliphatic rings. The number of carbonyl (C=O) groups is 1. The van der Waals surface area contributed by atoms with Gasteiger partial charge in [0.25, 0.3) is 0 Å². The van der Waals surface area contributed by atoms with Crippen LogP contribution in [0, 0.1) is 11.8 Å². The highest BCUT2D eigenvalue weighted by Crippen LogP contribution is 2.44. The first-order valence-electron chi connectivity index (χ1n) is 9.96. The lowest BCUT2D eigenvalue weighted by molar-refractivity contribution is 0.140. The topological polar surface area (TPSA) is 58.6 Å². The van der Waals surface area contributed by atoms with Gasteiger partial charge < -0.3 is 15.2 Å². The number of fused-ring (bicyclic) bond motifs is 3. The third-order valence-electron chi connectivity index (χ3n) is 5.51. The van der Waals surface area contributed by atoms with E-state index in [1.165, 1.54) is 22.3 Å². The Bertz CT molecular complexity index is 783. The molecule has 0 fully saturated rings. The van der Waals surface area contributed by atoms with Gasteiger partial charge in [0.05, 0.1) is 6.61 Å². The molecule has 0 saturated heterocycles. The van der Waals surface area contributed by atoms with Gasteiger partial charge in [0, 0.05) is 12.5 Å². The molecule has 2 N–H and O–H groups in total. The number of aliphatic hydroxyl groups is 1. The quantitative estimate of drug-likeness (QED) is 0.652. The van der Waals surface area contributed by atoms with Crippen LogP contribution in [0.4, 0.5) is 4.79 Å². The van der Waals surface area contributed by atoms with Crippen molar-refractivity contribution in [2.24, 2.45) is 11.8 Å². The summed E-state index contributed by atoms with van der Waals surface area (Å²) >= 11 is 0. The van der Waals surface area contributed by atoms with Crippen molar-refractivity contribution in [1.82, 2.24) is 5.32 Å². The van der Waals surface area contributed by atoms with Crippen molar-refractivity contribution in [3.05, 3.63) is 71.8 Å². The van der Waals surface area contributed by atoms with Crippen molar-refractivity contribution in [1.29, 1.82) is 0 Å². The lowest BCUT2D eigenvalue weighted by atomic mass is 9.92. The average molecular weight is 380 g/mol. The van der Waals surface area contributed by atoms with E-state index in [9.17, 15) is 4.79 Å². The summed E-state index contributed by atoms with van der Waals surface area (Å²) in [6, 6.07) is 16.6. The second-order valence-electron chi connectivity index (χ2n) is 7.60. The first-order chi connectivity index (χ1) is 13.6. The van der Waals surface area contributed by atoms with E-state index in [0.29, 0.717) is 25.0 Å². The van der Waals surface area contributed by atoms with E-state index < -0.39 is 0 Å². The molecular weight excluding hydrogens is 350 g/mol. The third-order valence-corrected chi connectivity index (χ3v) is 5.51. The zero-order valence-corrected chi connectivity index (χ0v) is 16.6. The number of aliphatic hydroxyl groups excluding tert-OH is 1. The van der Waals surface area contributed by atoms with Crippen LogP contribution in [-0.2, 0) is 4.74 Å². The van der Waals surface area contributed by atoms with Crippen molar-refractivity contribution in [2.75, 3.05) is 19.8 Å². The van der Waals surface area contributed by atoms with Crippen LogP contribution < -0.4 is 5.32 Å². The Hall–Kier alpha value is -2.59. The molecule has 0 heterocycles. The Morgan fingerprint density at radius 2 is 1.68 bits per heavy atom. The molecule has 1 atom stereocenters. The predicted octanol–water partition coefficient (Wildman–Crippen LogP) is 4.74. The van der Waals surface area contributed by atoms with Gasteiger partial charge in [0.2, 0.25) is 0 Å². The summed E-state index contributed by atoms with van der Waals surface area (Å²) in [5.74, 6) is 0.812. The number of alkyl carbamates (subject to hydrolysis) is 1. The van der Waals surface area contributed by atoms with Gasteiger partial charge in [-0.3, -0.25) is 0 Å². The van der Waals surface area contributed by atoms with Gasteiger partial charge in [0.1, 0.15) is 6.61 Å². The molecule has 1 unspecified atom stereocenters. The Morgan fingerprint density at radius 1 is 1.07 bits per heavy atom. The van der Waals surface area contributed by atoms with Crippen molar-refractivity contribution < 1.29 is 14.6 Å². The number of amides is 1. The van der Waals surface area contributed by atoms with Crippen LogP contribution in [0.25, 0.3) is 11.1 Å². The molecule has 0 aliphatic heterocycles. The van der Waals surface area contributed by atoms with Gasteiger partial charge in [-0.15, -0.1) is 0 Å². The van der Waals surface area contributed by atoms with Crippen LogP contribution in [0.5, 0.6) is 0 Å². The Labute approximate surface area is 167 Å². The van der Waals surface area contributed by atoms with E-state index >= 15 is 0 Å². The van der Waals surface area contributed by atoms with Crippen LogP contribution in [0.3, 0.4) is 0 Å². The van der Waals surface area contributed by atoms with Crippen molar-refractivity contribution in [3.8, 4) is 11.1 Å².